The number of anilines is 1. The molecular weight excluding hydrogens is 210 g/mol. The van der Waals surface area contributed by atoms with Crippen LogP contribution in [0.1, 0.15) is 22.8 Å². The maximum absolute atomic E-state index is 11.0. The van der Waals surface area contributed by atoms with Crippen LogP contribution in [0, 0.1) is 6.92 Å². The van der Waals surface area contributed by atoms with Gasteiger partial charge in [-0.2, -0.15) is 0 Å². The second-order valence-electron chi connectivity index (χ2n) is 3.36. The molecule has 1 aromatic carbocycles. The van der Waals surface area contributed by atoms with Crippen molar-refractivity contribution in [2.75, 3.05) is 12.4 Å². The average molecular weight is 223 g/mol. The monoisotopic (exact) mass is 223 g/mol. The van der Waals surface area contributed by atoms with Crippen molar-refractivity contribution in [2.45, 2.75) is 13.8 Å². The fourth-order valence-corrected chi connectivity index (χ4v) is 1.45. The molecule has 0 saturated carbocycles. The van der Waals surface area contributed by atoms with E-state index < -0.39 is 5.97 Å². The average Bonchev–Trinajstić information content (AvgIpc) is 2.16. The summed E-state index contributed by atoms with van der Waals surface area (Å²) >= 11 is 0. The molecule has 5 nitrogen and oxygen atoms in total. The summed E-state index contributed by atoms with van der Waals surface area (Å²) in [5.74, 6) is -0.849. The largest absolute Gasteiger partial charge is 0.494 e. The van der Waals surface area contributed by atoms with Gasteiger partial charge in [-0.3, -0.25) is 4.79 Å². The third-order valence-electron chi connectivity index (χ3n) is 2.04. The first kappa shape index (κ1) is 12.0. The zero-order valence-corrected chi connectivity index (χ0v) is 9.33. The Bertz CT molecular complexity index is 440. The molecule has 0 saturated heterocycles. The number of carbonyl (C=O) groups excluding carboxylic acids is 1. The Balaban J connectivity index is 3.30. The molecule has 86 valence electrons. The summed E-state index contributed by atoms with van der Waals surface area (Å²) in [5.41, 5.74) is 1.14. The van der Waals surface area contributed by atoms with Crippen LogP contribution in [0.2, 0.25) is 0 Å². The maximum Gasteiger partial charge on any atom is 0.335 e. The molecule has 0 aliphatic rings. The molecule has 0 heterocycles. The van der Waals surface area contributed by atoms with Crippen molar-refractivity contribution in [1.29, 1.82) is 0 Å². The third kappa shape index (κ3) is 2.50. The van der Waals surface area contributed by atoms with Gasteiger partial charge in [0.2, 0.25) is 5.91 Å². The zero-order chi connectivity index (χ0) is 12.3. The summed E-state index contributed by atoms with van der Waals surface area (Å²) < 4.78 is 5.10. The summed E-state index contributed by atoms with van der Waals surface area (Å²) in [6.45, 7) is 3.07. The summed E-state index contributed by atoms with van der Waals surface area (Å²) in [4.78, 5) is 21.8. The van der Waals surface area contributed by atoms with E-state index in [1.54, 1.807) is 6.92 Å². The van der Waals surface area contributed by atoms with E-state index in [0.29, 0.717) is 17.0 Å². The molecule has 1 rings (SSSR count). The second-order valence-corrected chi connectivity index (χ2v) is 3.36. The second kappa shape index (κ2) is 4.65. The van der Waals surface area contributed by atoms with Gasteiger partial charge < -0.3 is 15.2 Å². The van der Waals surface area contributed by atoms with Crippen LogP contribution in [-0.2, 0) is 4.79 Å². The molecule has 1 aromatic rings. The van der Waals surface area contributed by atoms with Crippen molar-refractivity contribution in [3.8, 4) is 5.75 Å². The van der Waals surface area contributed by atoms with Gasteiger partial charge in [-0.1, -0.05) is 0 Å². The lowest BCUT2D eigenvalue weighted by molar-refractivity contribution is -0.114. The van der Waals surface area contributed by atoms with Gasteiger partial charge in [-0.25, -0.2) is 4.79 Å². The number of nitrogens with one attached hydrogen (secondary N) is 1. The Morgan fingerprint density at radius 2 is 2.00 bits per heavy atom. The van der Waals surface area contributed by atoms with E-state index in [2.05, 4.69) is 5.32 Å². The highest BCUT2D eigenvalue weighted by Crippen LogP contribution is 2.30. The fourth-order valence-electron chi connectivity index (χ4n) is 1.45. The number of carboxylic acids is 1. The fraction of sp³-hybridized carbons (Fsp3) is 0.273. The van der Waals surface area contributed by atoms with Crippen LogP contribution in [0.4, 0.5) is 5.69 Å². The zero-order valence-electron chi connectivity index (χ0n) is 9.33. The van der Waals surface area contributed by atoms with E-state index in [0.717, 1.165) is 0 Å². The number of aromatic carboxylic acids is 1. The van der Waals surface area contributed by atoms with E-state index in [4.69, 9.17) is 9.84 Å². The number of rotatable bonds is 3. The van der Waals surface area contributed by atoms with Crippen molar-refractivity contribution in [2.24, 2.45) is 0 Å². The topological polar surface area (TPSA) is 75.6 Å². The predicted molar refractivity (Wildman–Crippen MR) is 59.0 cm³/mol. The first-order valence-corrected chi connectivity index (χ1v) is 4.65. The number of hydrogen-bond donors (Lipinski definition) is 2. The maximum atomic E-state index is 11.0. The van der Waals surface area contributed by atoms with Gasteiger partial charge in [0, 0.05) is 6.92 Å². The van der Waals surface area contributed by atoms with Crippen molar-refractivity contribution in [3.63, 3.8) is 0 Å². The number of carbonyl (C=O) groups is 2. The van der Waals surface area contributed by atoms with E-state index in [1.807, 2.05) is 0 Å². The summed E-state index contributed by atoms with van der Waals surface area (Å²) in [7, 11) is 1.47. The third-order valence-corrected chi connectivity index (χ3v) is 2.04. The molecular formula is C11H13NO4. The Hall–Kier alpha value is -2.04. The molecule has 0 atom stereocenters. The Morgan fingerprint density at radius 1 is 1.38 bits per heavy atom. The number of methoxy groups -OCH3 is 1. The van der Waals surface area contributed by atoms with Gasteiger partial charge >= 0.3 is 5.97 Å². The van der Waals surface area contributed by atoms with Crippen LogP contribution in [-0.4, -0.2) is 24.1 Å². The molecule has 0 spiro atoms. The van der Waals surface area contributed by atoms with Crippen LogP contribution in [0.3, 0.4) is 0 Å². The van der Waals surface area contributed by atoms with Crippen LogP contribution < -0.4 is 10.1 Å². The van der Waals surface area contributed by atoms with Gasteiger partial charge in [0.1, 0.15) is 5.75 Å². The molecule has 0 unspecified atom stereocenters. The highest BCUT2D eigenvalue weighted by Gasteiger charge is 2.13. The highest BCUT2D eigenvalue weighted by atomic mass is 16.5. The van der Waals surface area contributed by atoms with Gasteiger partial charge in [-0.15, -0.1) is 0 Å². The lowest BCUT2D eigenvalue weighted by Crippen LogP contribution is -2.09. The molecule has 5 heteroatoms. The quantitative estimate of drug-likeness (QED) is 0.817. The summed E-state index contributed by atoms with van der Waals surface area (Å²) in [5, 5.41) is 11.4. The molecule has 0 fully saturated rings. The van der Waals surface area contributed by atoms with Crippen LogP contribution in [0.25, 0.3) is 0 Å². The highest BCUT2D eigenvalue weighted by molar-refractivity contribution is 5.95. The Morgan fingerprint density at radius 3 is 2.44 bits per heavy atom. The van der Waals surface area contributed by atoms with Crippen molar-refractivity contribution in [3.05, 3.63) is 23.3 Å². The molecule has 16 heavy (non-hydrogen) atoms. The lowest BCUT2D eigenvalue weighted by atomic mass is 10.1. The SMILES string of the molecule is COc1c(C)cc(C(=O)O)cc1NC(C)=O. The number of benzene rings is 1. The van der Waals surface area contributed by atoms with Gasteiger partial charge in [0.25, 0.3) is 0 Å². The molecule has 2 N–H and O–H groups in total. The van der Waals surface area contributed by atoms with Crippen LogP contribution in [0.15, 0.2) is 12.1 Å². The summed E-state index contributed by atoms with van der Waals surface area (Å²) in [6.07, 6.45) is 0. The number of ether oxygens (including phenoxy) is 1. The van der Waals surface area contributed by atoms with Crippen molar-refractivity contribution < 1.29 is 19.4 Å². The predicted octanol–water partition coefficient (Wildman–Crippen LogP) is 1.66. The first-order valence-electron chi connectivity index (χ1n) is 4.65. The molecule has 0 aliphatic heterocycles. The summed E-state index contributed by atoms with van der Waals surface area (Å²) in [6, 6.07) is 2.86. The Kier molecular flexibility index (Phi) is 3.50. The van der Waals surface area contributed by atoms with E-state index in [-0.39, 0.29) is 11.5 Å². The first-order chi connectivity index (χ1) is 7.45. The molecule has 1 amide bonds. The van der Waals surface area contributed by atoms with Gasteiger partial charge in [-0.05, 0) is 24.6 Å². The molecule has 0 aromatic heterocycles. The normalized spacial score (nSPS) is 9.69. The number of aryl methyl sites for hydroxylation is 1. The van der Waals surface area contributed by atoms with Gasteiger partial charge in [0.15, 0.2) is 0 Å². The van der Waals surface area contributed by atoms with E-state index in [9.17, 15) is 9.59 Å². The molecule has 0 radical (unpaired) electrons. The minimum Gasteiger partial charge on any atom is -0.494 e. The smallest absolute Gasteiger partial charge is 0.335 e. The van der Waals surface area contributed by atoms with Crippen LogP contribution in [0.5, 0.6) is 5.75 Å². The lowest BCUT2D eigenvalue weighted by Gasteiger charge is -2.12. The number of amides is 1. The molecule has 0 aliphatic carbocycles. The molecule has 0 bridgehead atoms. The van der Waals surface area contributed by atoms with E-state index in [1.165, 1.54) is 26.2 Å². The number of hydrogen-bond acceptors (Lipinski definition) is 3. The van der Waals surface area contributed by atoms with Crippen molar-refractivity contribution in [1.82, 2.24) is 0 Å². The number of carboxylic acid groups (broad SMARTS) is 1. The minimum atomic E-state index is -1.04. The minimum absolute atomic E-state index is 0.113. The standard InChI is InChI=1S/C11H13NO4/c1-6-4-8(11(14)15)5-9(10(6)16-3)12-7(2)13/h4-5H,1-3H3,(H,12,13)(H,14,15). The van der Waals surface area contributed by atoms with Crippen LogP contribution >= 0.6 is 0 Å². The van der Waals surface area contributed by atoms with Crippen molar-refractivity contribution >= 4 is 17.6 Å². The Labute approximate surface area is 93.0 Å². The van der Waals surface area contributed by atoms with Gasteiger partial charge in [0.05, 0.1) is 18.4 Å². The van der Waals surface area contributed by atoms with E-state index >= 15 is 0 Å².